The highest BCUT2D eigenvalue weighted by Gasteiger charge is 2.42. The zero-order valence-corrected chi connectivity index (χ0v) is 7.47. The van der Waals surface area contributed by atoms with Crippen LogP contribution in [0.1, 0.15) is 6.92 Å². The lowest BCUT2D eigenvalue weighted by Gasteiger charge is -2.08. The number of epoxide rings is 1. The van der Waals surface area contributed by atoms with E-state index in [2.05, 4.69) is 0 Å². The number of rotatable bonds is 2. The first-order valence-corrected chi connectivity index (χ1v) is 4.14. The zero-order chi connectivity index (χ0) is 8.60. The van der Waals surface area contributed by atoms with Gasteiger partial charge in [0.05, 0.1) is 0 Å². The van der Waals surface area contributed by atoms with Gasteiger partial charge in [-0.05, 0) is 18.2 Å². The molecule has 2 rings (SSSR count). The summed E-state index contributed by atoms with van der Waals surface area (Å²) in [5.74, 6) is 0.340. The summed E-state index contributed by atoms with van der Waals surface area (Å²) < 4.78 is 10.6. The van der Waals surface area contributed by atoms with Gasteiger partial charge in [0.15, 0.2) is 0 Å². The molecule has 1 aromatic rings. The van der Waals surface area contributed by atoms with Crippen molar-refractivity contribution >= 4 is 11.6 Å². The van der Waals surface area contributed by atoms with E-state index in [4.69, 9.17) is 21.1 Å². The highest BCUT2D eigenvalue weighted by atomic mass is 35.5. The van der Waals surface area contributed by atoms with E-state index in [-0.39, 0.29) is 0 Å². The first-order valence-electron chi connectivity index (χ1n) is 3.76. The van der Waals surface area contributed by atoms with Gasteiger partial charge in [0.25, 0.3) is 0 Å². The third-order valence-corrected chi connectivity index (χ3v) is 1.92. The monoisotopic (exact) mass is 184 g/mol. The van der Waals surface area contributed by atoms with Crippen molar-refractivity contribution in [3.8, 4) is 5.75 Å². The molecule has 1 aromatic carbocycles. The maximum absolute atomic E-state index is 5.77. The van der Waals surface area contributed by atoms with Crippen molar-refractivity contribution < 1.29 is 9.47 Å². The van der Waals surface area contributed by atoms with Gasteiger partial charge in [-0.15, -0.1) is 0 Å². The van der Waals surface area contributed by atoms with Gasteiger partial charge < -0.3 is 9.47 Å². The molecule has 0 bridgehead atoms. The molecule has 0 amide bonds. The topological polar surface area (TPSA) is 21.8 Å². The summed E-state index contributed by atoms with van der Waals surface area (Å²) in [5.41, 5.74) is 0. The number of ether oxygens (including phenoxy) is 2. The van der Waals surface area contributed by atoms with Crippen molar-refractivity contribution in [3.63, 3.8) is 0 Å². The van der Waals surface area contributed by atoms with Crippen LogP contribution >= 0.6 is 11.6 Å². The summed E-state index contributed by atoms with van der Waals surface area (Å²) in [6.45, 7) is 2.55. The molecular formula is C9H9ClO2. The van der Waals surface area contributed by atoms with Gasteiger partial charge in [0, 0.05) is 11.9 Å². The lowest BCUT2D eigenvalue weighted by molar-refractivity contribution is 0.0803. The molecule has 0 aromatic heterocycles. The van der Waals surface area contributed by atoms with Crippen LogP contribution in [0.25, 0.3) is 0 Å². The molecule has 0 N–H and O–H groups in total. The van der Waals surface area contributed by atoms with E-state index < -0.39 is 5.79 Å². The Morgan fingerprint density at radius 3 is 2.92 bits per heavy atom. The van der Waals surface area contributed by atoms with Gasteiger partial charge in [-0.25, -0.2) is 0 Å². The fourth-order valence-corrected chi connectivity index (χ4v) is 1.12. The van der Waals surface area contributed by atoms with Crippen LogP contribution in [0.4, 0.5) is 0 Å². The molecule has 1 atom stereocenters. The molecule has 1 fully saturated rings. The van der Waals surface area contributed by atoms with E-state index in [0.29, 0.717) is 11.6 Å². The van der Waals surface area contributed by atoms with Crippen LogP contribution in [0.2, 0.25) is 5.02 Å². The summed E-state index contributed by atoms with van der Waals surface area (Å²) in [4.78, 5) is 0. The summed E-state index contributed by atoms with van der Waals surface area (Å²) in [7, 11) is 0. The van der Waals surface area contributed by atoms with Crippen LogP contribution in [0.5, 0.6) is 5.75 Å². The molecule has 1 saturated heterocycles. The highest BCUT2D eigenvalue weighted by Crippen LogP contribution is 2.30. The molecule has 3 heteroatoms. The molecule has 1 heterocycles. The Morgan fingerprint density at radius 2 is 2.33 bits per heavy atom. The predicted molar refractivity (Wildman–Crippen MR) is 46.4 cm³/mol. The lowest BCUT2D eigenvalue weighted by Crippen LogP contribution is -2.14. The Kier molecular flexibility index (Phi) is 1.74. The van der Waals surface area contributed by atoms with E-state index in [0.717, 1.165) is 5.75 Å². The number of benzene rings is 1. The van der Waals surface area contributed by atoms with E-state index in [1.165, 1.54) is 0 Å². The van der Waals surface area contributed by atoms with E-state index in [9.17, 15) is 0 Å². The Morgan fingerprint density at radius 1 is 1.58 bits per heavy atom. The molecule has 0 saturated carbocycles. The molecule has 1 aliphatic rings. The third kappa shape index (κ3) is 1.71. The third-order valence-electron chi connectivity index (χ3n) is 1.68. The highest BCUT2D eigenvalue weighted by molar-refractivity contribution is 6.30. The van der Waals surface area contributed by atoms with Crippen LogP contribution in [-0.4, -0.2) is 12.4 Å². The largest absolute Gasteiger partial charge is 0.460 e. The molecule has 0 radical (unpaired) electrons. The first-order chi connectivity index (χ1) is 5.68. The normalized spacial score (nSPS) is 26.8. The van der Waals surface area contributed by atoms with Gasteiger partial charge in [-0.3, -0.25) is 0 Å². The molecule has 1 aliphatic heterocycles. The van der Waals surface area contributed by atoms with Crippen molar-refractivity contribution in [1.29, 1.82) is 0 Å². The van der Waals surface area contributed by atoms with Gasteiger partial charge in [-0.1, -0.05) is 17.7 Å². The maximum Gasteiger partial charge on any atom is 0.231 e. The first kappa shape index (κ1) is 7.90. The number of halogens is 1. The second-order valence-corrected chi connectivity index (χ2v) is 3.42. The molecule has 0 spiro atoms. The minimum Gasteiger partial charge on any atom is -0.460 e. The van der Waals surface area contributed by atoms with Crippen LogP contribution in [0.3, 0.4) is 0 Å². The van der Waals surface area contributed by atoms with Gasteiger partial charge in [-0.2, -0.15) is 0 Å². The zero-order valence-electron chi connectivity index (χ0n) is 6.71. The maximum atomic E-state index is 5.77. The Hall–Kier alpha value is -0.730. The molecule has 2 nitrogen and oxygen atoms in total. The minimum absolute atomic E-state index is 0.412. The van der Waals surface area contributed by atoms with Crippen molar-refractivity contribution in [2.24, 2.45) is 0 Å². The van der Waals surface area contributed by atoms with Gasteiger partial charge >= 0.3 is 0 Å². The van der Waals surface area contributed by atoms with Crippen molar-refractivity contribution in [2.45, 2.75) is 12.7 Å². The SMILES string of the molecule is C[C@]1(Oc2cccc(Cl)c2)CO1. The molecular weight excluding hydrogens is 176 g/mol. The van der Waals surface area contributed by atoms with Gasteiger partial charge in [0.1, 0.15) is 12.4 Å². The molecule has 12 heavy (non-hydrogen) atoms. The van der Waals surface area contributed by atoms with Crippen molar-refractivity contribution in [3.05, 3.63) is 29.3 Å². The lowest BCUT2D eigenvalue weighted by atomic mass is 10.3. The van der Waals surface area contributed by atoms with Crippen LogP contribution in [-0.2, 0) is 4.74 Å². The summed E-state index contributed by atoms with van der Waals surface area (Å²) in [6, 6.07) is 7.29. The number of hydrogen-bond donors (Lipinski definition) is 0. The predicted octanol–water partition coefficient (Wildman–Crippen LogP) is 2.47. The Labute approximate surface area is 76.1 Å². The van der Waals surface area contributed by atoms with Crippen LogP contribution in [0, 0.1) is 0 Å². The Bertz CT molecular complexity index is 294. The summed E-state index contributed by atoms with van der Waals surface area (Å²) in [5, 5.41) is 0.678. The molecule has 0 unspecified atom stereocenters. The second-order valence-electron chi connectivity index (χ2n) is 2.98. The van der Waals surface area contributed by atoms with Crippen molar-refractivity contribution in [2.75, 3.05) is 6.61 Å². The Balaban J connectivity index is 2.12. The van der Waals surface area contributed by atoms with Gasteiger partial charge in [0.2, 0.25) is 5.79 Å². The number of hydrogen-bond acceptors (Lipinski definition) is 2. The summed E-state index contributed by atoms with van der Waals surface area (Å²) in [6.07, 6.45) is 0. The van der Waals surface area contributed by atoms with E-state index in [1.54, 1.807) is 6.07 Å². The smallest absolute Gasteiger partial charge is 0.231 e. The summed E-state index contributed by atoms with van der Waals surface area (Å²) >= 11 is 5.77. The van der Waals surface area contributed by atoms with E-state index in [1.807, 2.05) is 25.1 Å². The fraction of sp³-hybridized carbons (Fsp3) is 0.333. The minimum atomic E-state index is -0.412. The van der Waals surface area contributed by atoms with Crippen LogP contribution in [0.15, 0.2) is 24.3 Å². The average Bonchev–Trinajstić information content (AvgIpc) is 2.67. The molecule has 0 aliphatic carbocycles. The fourth-order valence-electron chi connectivity index (χ4n) is 0.940. The quantitative estimate of drug-likeness (QED) is 0.659. The standard InChI is InChI=1S/C9H9ClO2/c1-9(6-11-9)12-8-4-2-3-7(10)5-8/h2-5H,6H2,1H3/t9-/m0/s1. The van der Waals surface area contributed by atoms with Crippen molar-refractivity contribution in [1.82, 2.24) is 0 Å². The average molecular weight is 185 g/mol. The van der Waals surface area contributed by atoms with Crippen LogP contribution < -0.4 is 4.74 Å². The van der Waals surface area contributed by atoms with E-state index >= 15 is 0 Å². The second kappa shape index (κ2) is 2.64. The molecule has 64 valence electrons.